The lowest BCUT2D eigenvalue weighted by molar-refractivity contribution is 0.0941. The highest BCUT2D eigenvalue weighted by Crippen LogP contribution is 2.32. The van der Waals surface area contributed by atoms with Gasteiger partial charge in [-0.25, -0.2) is 0 Å². The molecule has 2 aromatic rings. The van der Waals surface area contributed by atoms with Gasteiger partial charge in [0, 0.05) is 28.9 Å². The van der Waals surface area contributed by atoms with Crippen LogP contribution in [-0.4, -0.2) is 31.1 Å². The third-order valence-corrected chi connectivity index (χ3v) is 3.63. The summed E-state index contributed by atoms with van der Waals surface area (Å²) in [5, 5.41) is 5.63. The van der Waals surface area contributed by atoms with E-state index in [-0.39, 0.29) is 17.9 Å². The molecule has 0 spiro atoms. The number of rotatable bonds is 4. The van der Waals surface area contributed by atoms with Crippen LogP contribution in [0.2, 0.25) is 0 Å². The molecule has 1 aliphatic rings. The maximum Gasteiger partial charge on any atom is 0.255 e. The molecule has 0 aliphatic carbocycles. The van der Waals surface area contributed by atoms with Gasteiger partial charge in [0.1, 0.15) is 13.2 Å². The Kier molecular flexibility index (Phi) is 4.88. The lowest BCUT2D eigenvalue weighted by atomic mass is 10.1. The summed E-state index contributed by atoms with van der Waals surface area (Å²) in [6, 6.07) is 11.8. The summed E-state index contributed by atoms with van der Waals surface area (Å²) in [7, 11) is 0. The molecule has 3 rings (SSSR count). The highest BCUT2D eigenvalue weighted by Gasteiger charge is 2.14. The molecule has 6 heteroatoms. The molecule has 0 bridgehead atoms. The Morgan fingerprint density at radius 3 is 2.12 bits per heavy atom. The normalized spacial score (nSPS) is 12.6. The summed E-state index contributed by atoms with van der Waals surface area (Å²) in [5.74, 6) is 0.871. The smallest absolute Gasteiger partial charge is 0.255 e. The number of amides is 2. The van der Waals surface area contributed by atoms with Crippen LogP contribution < -0.4 is 20.1 Å². The molecule has 25 heavy (non-hydrogen) atoms. The lowest BCUT2D eigenvalue weighted by Crippen LogP contribution is -2.30. The Morgan fingerprint density at radius 1 is 0.880 bits per heavy atom. The van der Waals surface area contributed by atoms with E-state index in [0.717, 1.165) is 0 Å². The maximum absolute atomic E-state index is 12.4. The first-order valence-corrected chi connectivity index (χ1v) is 8.15. The predicted molar refractivity (Wildman–Crippen MR) is 94.4 cm³/mol. The third-order valence-electron chi connectivity index (χ3n) is 3.63. The highest BCUT2D eigenvalue weighted by atomic mass is 16.6. The van der Waals surface area contributed by atoms with Crippen LogP contribution in [0.4, 0.5) is 5.69 Å². The first-order chi connectivity index (χ1) is 12.0. The van der Waals surface area contributed by atoms with Gasteiger partial charge in [0.25, 0.3) is 11.8 Å². The van der Waals surface area contributed by atoms with Gasteiger partial charge >= 0.3 is 0 Å². The summed E-state index contributed by atoms with van der Waals surface area (Å²) in [6.07, 6.45) is 0. The van der Waals surface area contributed by atoms with E-state index < -0.39 is 0 Å². The quantitative estimate of drug-likeness (QED) is 0.897. The first kappa shape index (κ1) is 16.8. The molecule has 2 aromatic carbocycles. The van der Waals surface area contributed by atoms with Crippen molar-refractivity contribution in [3.63, 3.8) is 0 Å². The minimum Gasteiger partial charge on any atom is -0.486 e. The molecule has 130 valence electrons. The Bertz CT molecular complexity index is 785. The van der Waals surface area contributed by atoms with Crippen molar-refractivity contribution in [2.75, 3.05) is 18.5 Å². The molecular formula is C19H20N2O4. The van der Waals surface area contributed by atoms with Crippen LogP contribution in [-0.2, 0) is 0 Å². The summed E-state index contributed by atoms with van der Waals surface area (Å²) in [4.78, 5) is 24.3. The van der Waals surface area contributed by atoms with Crippen molar-refractivity contribution in [3.8, 4) is 11.5 Å². The number of benzene rings is 2. The van der Waals surface area contributed by atoms with Crippen LogP contribution in [0.5, 0.6) is 11.5 Å². The van der Waals surface area contributed by atoms with Crippen molar-refractivity contribution in [2.45, 2.75) is 19.9 Å². The predicted octanol–water partition coefficient (Wildman–Crippen LogP) is 2.85. The van der Waals surface area contributed by atoms with E-state index in [0.29, 0.717) is 41.5 Å². The van der Waals surface area contributed by atoms with Gasteiger partial charge < -0.3 is 20.1 Å². The minimum atomic E-state index is -0.257. The van der Waals surface area contributed by atoms with Gasteiger partial charge in [-0.1, -0.05) is 0 Å². The SMILES string of the molecule is CC(C)NC(=O)c1ccc(C(=O)Nc2ccc3c(c2)OCCO3)cc1. The molecule has 0 unspecified atom stereocenters. The molecule has 0 saturated carbocycles. The molecule has 2 N–H and O–H groups in total. The number of carbonyl (C=O) groups is 2. The van der Waals surface area contributed by atoms with Gasteiger partial charge in [-0.3, -0.25) is 9.59 Å². The Labute approximate surface area is 146 Å². The molecule has 0 radical (unpaired) electrons. The fraction of sp³-hybridized carbons (Fsp3) is 0.263. The summed E-state index contributed by atoms with van der Waals surface area (Å²) >= 11 is 0. The number of nitrogens with one attached hydrogen (secondary N) is 2. The van der Waals surface area contributed by atoms with Gasteiger partial charge in [-0.15, -0.1) is 0 Å². The van der Waals surface area contributed by atoms with E-state index in [9.17, 15) is 9.59 Å². The second kappa shape index (κ2) is 7.25. The minimum absolute atomic E-state index is 0.0608. The van der Waals surface area contributed by atoms with Crippen molar-refractivity contribution >= 4 is 17.5 Å². The van der Waals surface area contributed by atoms with Gasteiger partial charge in [0.2, 0.25) is 0 Å². The second-order valence-corrected chi connectivity index (χ2v) is 6.02. The average molecular weight is 340 g/mol. The Balaban J connectivity index is 1.68. The van der Waals surface area contributed by atoms with Crippen LogP contribution in [0.15, 0.2) is 42.5 Å². The fourth-order valence-corrected chi connectivity index (χ4v) is 2.44. The van der Waals surface area contributed by atoms with Crippen LogP contribution in [0.1, 0.15) is 34.6 Å². The topological polar surface area (TPSA) is 76.7 Å². The first-order valence-electron chi connectivity index (χ1n) is 8.15. The Hall–Kier alpha value is -3.02. The average Bonchev–Trinajstić information content (AvgIpc) is 2.61. The van der Waals surface area contributed by atoms with Crippen LogP contribution in [0.25, 0.3) is 0 Å². The zero-order valence-electron chi connectivity index (χ0n) is 14.2. The van der Waals surface area contributed by atoms with E-state index in [2.05, 4.69) is 10.6 Å². The van der Waals surface area contributed by atoms with Crippen molar-refractivity contribution in [3.05, 3.63) is 53.6 Å². The van der Waals surface area contributed by atoms with Gasteiger partial charge in [-0.05, 0) is 50.2 Å². The summed E-state index contributed by atoms with van der Waals surface area (Å²) < 4.78 is 11.0. The van der Waals surface area contributed by atoms with Crippen molar-refractivity contribution in [1.82, 2.24) is 5.32 Å². The molecule has 2 amide bonds. The van der Waals surface area contributed by atoms with Gasteiger partial charge in [-0.2, -0.15) is 0 Å². The van der Waals surface area contributed by atoms with Crippen LogP contribution in [0, 0.1) is 0 Å². The summed E-state index contributed by atoms with van der Waals surface area (Å²) in [5.41, 5.74) is 1.61. The van der Waals surface area contributed by atoms with Gasteiger partial charge in [0.15, 0.2) is 11.5 Å². The Morgan fingerprint density at radius 2 is 1.48 bits per heavy atom. The zero-order valence-corrected chi connectivity index (χ0v) is 14.2. The van der Waals surface area contributed by atoms with Crippen LogP contribution in [0.3, 0.4) is 0 Å². The molecule has 6 nitrogen and oxygen atoms in total. The molecule has 0 atom stereocenters. The van der Waals surface area contributed by atoms with E-state index in [1.54, 1.807) is 42.5 Å². The molecule has 0 aromatic heterocycles. The maximum atomic E-state index is 12.4. The number of ether oxygens (including phenoxy) is 2. The lowest BCUT2D eigenvalue weighted by Gasteiger charge is -2.19. The molecule has 1 heterocycles. The number of hydrogen-bond acceptors (Lipinski definition) is 4. The highest BCUT2D eigenvalue weighted by molar-refractivity contribution is 6.05. The fourth-order valence-electron chi connectivity index (χ4n) is 2.44. The van der Waals surface area contributed by atoms with Crippen molar-refractivity contribution in [1.29, 1.82) is 0 Å². The zero-order chi connectivity index (χ0) is 17.8. The number of carbonyl (C=O) groups excluding carboxylic acids is 2. The van der Waals surface area contributed by atoms with Crippen molar-refractivity contribution < 1.29 is 19.1 Å². The van der Waals surface area contributed by atoms with E-state index in [1.807, 2.05) is 13.8 Å². The molecule has 0 fully saturated rings. The summed E-state index contributed by atoms with van der Waals surface area (Å²) in [6.45, 7) is 4.81. The third kappa shape index (κ3) is 4.09. The molecule has 1 aliphatic heterocycles. The number of hydrogen-bond donors (Lipinski definition) is 2. The molecular weight excluding hydrogens is 320 g/mol. The largest absolute Gasteiger partial charge is 0.486 e. The van der Waals surface area contributed by atoms with Crippen molar-refractivity contribution in [2.24, 2.45) is 0 Å². The van der Waals surface area contributed by atoms with E-state index >= 15 is 0 Å². The molecule has 0 saturated heterocycles. The van der Waals surface area contributed by atoms with E-state index in [4.69, 9.17) is 9.47 Å². The monoisotopic (exact) mass is 340 g/mol. The van der Waals surface area contributed by atoms with Crippen LogP contribution >= 0.6 is 0 Å². The standard InChI is InChI=1S/C19H20N2O4/c1-12(2)20-18(22)13-3-5-14(6-4-13)19(23)21-15-7-8-16-17(11-15)25-10-9-24-16/h3-8,11-12H,9-10H2,1-2H3,(H,20,22)(H,21,23). The second-order valence-electron chi connectivity index (χ2n) is 6.02. The number of anilines is 1. The number of fused-ring (bicyclic) bond motifs is 1. The van der Waals surface area contributed by atoms with Gasteiger partial charge in [0.05, 0.1) is 0 Å². The van der Waals surface area contributed by atoms with E-state index in [1.165, 1.54) is 0 Å².